The molecule has 8 nitrogen and oxygen atoms in total. The van der Waals surface area contributed by atoms with E-state index in [1.807, 2.05) is 35.2 Å². The van der Waals surface area contributed by atoms with Crippen LogP contribution in [0.1, 0.15) is 43.0 Å². The van der Waals surface area contributed by atoms with Crippen LogP contribution in [0, 0.1) is 12.8 Å². The van der Waals surface area contributed by atoms with Crippen molar-refractivity contribution in [3.05, 3.63) is 47.6 Å². The number of nitrogens with zero attached hydrogens (tertiary/aromatic N) is 3. The Morgan fingerprint density at radius 3 is 2.50 bits per heavy atom. The number of carbonyl (C=O) groups excluding carboxylic acids is 2. The van der Waals surface area contributed by atoms with Gasteiger partial charge in [-0.1, -0.05) is 35.5 Å². The number of likely N-dealkylation sites (tertiary alicyclic amines) is 1. The molecule has 4 rings (SSSR count). The Bertz CT molecular complexity index is 868. The zero-order valence-electron chi connectivity index (χ0n) is 17.3. The quantitative estimate of drug-likeness (QED) is 0.807. The number of rotatable bonds is 5. The van der Waals surface area contributed by atoms with E-state index in [0.717, 1.165) is 5.56 Å². The van der Waals surface area contributed by atoms with Crippen LogP contribution >= 0.6 is 0 Å². The number of amides is 2. The highest BCUT2D eigenvalue weighted by Gasteiger charge is 2.44. The molecule has 160 valence electrons. The Kier molecular flexibility index (Phi) is 6.13. The number of benzene rings is 1. The van der Waals surface area contributed by atoms with Crippen molar-refractivity contribution in [1.29, 1.82) is 0 Å². The first-order chi connectivity index (χ1) is 14.6. The normalized spacial score (nSPS) is 19.4. The van der Waals surface area contributed by atoms with Crippen molar-refractivity contribution in [1.82, 2.24) is 20.4 Å². The predicted molar refractivity (Wildman–Crippen MR) is 108 cm³/mol. The molecule has 1 N–H and O–H groups in total. The molecule has 8 heteroatoms. The average molecular weight is 412 g/mol. The number of piperidine rings is 1. The van der Waals surface area contributed by atoms with Crippen LogP contribution in [0.2, 0.25) is 0 Å². The minimum Gasteiger partial charge on any atom is -0.381 e. The molecule has 0 spiro atoms. The Hall–Kier alpha value is -2.74. The third kappa shape index (κ3) is 4.23. The summed E-state index contributed by atoms with van der Waals surface area (Å²) in [5.74, 6) is 0.976. The summed E-state index contributed by atoms with van der Waals surface area (Å²) >= 11 is 0. The van der Waals surface area contributed by atoms with Gasteiger partial charge in [0.05, 0.1) is 12.0 Å². The molecule has 1 aromatic heterocycles. The summed E-state index contributed by atoms with van der Waals surface area (Å²) in [6.45, 7) is 4.33. The second-order valence-corrected chi connectivity index (χ2v) is 8.08. The fourth-order valence-corrected chi connectivity index (χ4v) is 4.47. The molecule has 0 bridgehead atoms. The number of aryl methyl sites for hydroxylation is 1. The molecule has 0 saturated carbocycles. The molecule has 2 aromatic rings. The first-order valence-electron chi connectivity index (χ1n) is 10.6. The van der Waals surface area contributed by atoms with Gasteiger partial charge in [0.15, 0.2) is 5.82 Å². The molecule has 2 aliphatic rings. The summed E-state index contributed by atoms with van der Waals surface area (Å²) < 4.78 is 10.6. The molecule has 2 aliphatic heterocycles. The Morgan fingerprint density at radius 1 is 1.17 bits per heavy atom. The van der Waals surface area contributed by atoms with Gasteiger partial charge in [0.25, 0.3) is 0 Å². The van der Waals surface area contributed by atoms with Crippen molar-refractivity contribution in [2.75, 3.05) is 26.3 Å². The summed E-state index contributed by atoms with van der Waals surface area (Å²) in [5.41, 5.74) is 0.540. The highest BCUT2D eigenvalue weighted by atomic mass is 16.5. The number of aromatic nitrogens is 2. The van der Waals surface area contributed by atoms with Gasteiger partial charge >= 0.3 is 0 Å². The SMILES string of the molecule is Cc1noc(CNC(=O)C2CCN(C(=O)C3(c4ccccc4)CCOCC3)CC2)n1. The van der Waals surface area contributed by atoms with Gasteiger partial charge in [-0.25, -0.2) is 0 Å². The monoisotopic (exact) mass is 412 g/mol. The summed E-state index contributed by atoms with van der Waals surface area (Å²) in [4.78, 5) is 32.2. The third-order valence-corrected chi connectivity index (χ3v) is 6.22. The summed E-state index contributed by atoms with van der Waals surface area (Å²) in [6.07, 6.45) is 2.70. The standard InChI is InChI=1S/C22H28N4O4/c1-16-24-19(30-25-16)15-23-20(27)17-7-11-26(12-8-17)21(28)22(9-13-29-14-10-22)18-5-3-2-4-6-18/h2-6,17H,7-15H2,1H3,(H,23,27). The maximum Gasteiger partial charge on any atom is 0.246 e. The van der Waals surface area contributed by atoms with Crippen LogP contribution in [0.15, 0.2) is 34.9 Å². The summed E-state index contributed by atoms with van der Waals surface area (Å²) in [7, 11) is 0. The Morgan fingerprint density at radius 2 is 1.87 bits per heavy atom. The fourth-order valence-electron chi connectivity index (χ4n) is 4.47. The van der Waals surface area contributed by atoms with Crippen LogP contribution < -0.4 is 5.32 Å². The molecule has 0 unspecified atom stereocenters. The van der Waals surface area contributed by atoms with Gasteiger partial charge < -0.3 is 19.5 Å². The van der Waals surface area contributed by atoms with Gasteiger partial charge in [0.2, 0.25) is 17.7 Å². The van der Waals surface area contributed by atoms with Crippen molar-refractivity contribution in [3.63, 3.8) is 0 Å². The van der Waals surface area contributed by atoms with Gasteiger partial charge in [-0.3, -0.25) is 9.59 Å². The minimum atomic E-state index is -0.523. The second kappa shape index (κ2) is 8.95. The first-order valence-corrected chi connectivity index (χ1v) is 10.6. The van der Waals surface area contributed by atoms with E-state index in [2.05, 4.69) is 15.5 Å². The van der Waals surface area contributed by atoms with Gasteiger partial charge in [0, 0.05) is 32.2 Å². The molecule has 30 heavy (non-hydrogen) atoms. The van der Waals surface area contributed by atoms with Crippen LogP contribution in [0.4, 0.5) is 0 Å². The van der Waals surface area contributed by atoms with E-state index < -0.39 is 5.41 Å². The first kappa shape index (κ1) is 20.5. The fraction of sp³-hybridized carbons (Fsp3) is 0.545. The number of ether oxygens (including phenoxy) is 1. The van der Waals surface area contributed by atoms with Crippen molar-refractivity contribution >= 4 is 11.8 Å². The maximum absolute atomic E-state index is 13.6. The molecule has 0 aliphatic carbocycles. The molecular weight excluding hydrogens is 384 g/mol. The number of carbonyl (C=O) groups is 2. The lowest BCUT2D eigenvalue weighted by Crippen LogP contribution is -2.52. The van der Waals surface area contributed by atoms with E-state index in [0.29, 0.717) is 63.7 Å². The Labute approximate surface area is 176 Å². The topological polar surface area (TPSA) is 97.6 Å². The largest absolute Gasteiger partial charge is 0.381 e. The second-order valence-electron chi connectivity index (χ2n) is 8.08. The predicted octanol–water partition coefficient (Wildman–Crippen LogP) is 1.98. The van der Waals surface area contributed by atoms with Gasteiger partial charge in [0.1, 0.15) is 0 Å². The van der Waals surface area contributed by atoms with Gasteiger partial charge in [-0.15, -0.1) is 0 Å². The van der Waals surface area contributed by atoms with Crippen LogP contribution in [0.5, 0.6) is 0 Å². The van der Waals surface area contributed by atoms with Crippen molar-refractivity contribution in [2.24, 2.45) is 5.92 Å². The van der Waals surface area contributed by atoms with Crippen molar-refractivity contribution in [2.45, 2.75) is 44.6 Å². The lowest BCUT2D eigenvalue weighted by Gasteiger charge is -2.42. The summed E-state index contributed by atoms with van der Waals surface area (Å²) in [6, 6.07) is 10.0. The number of hydrogen-bond donors (Lipinski definition) is 1. The number of hydrogen-bond acceptors (Lipinski definition) is 6. The highest BCUT2D eigenvalue weighted by molar-refractivity contribution is 5.89. The highest BCUT2D eigenvalue weighted by Crippen LogP contribution is 2.37. The van der Waals surface area contributed by atoms with E-state index in [9.17, 15) is 9.59 Å². The Balaban J connectivity index is 1.36. The molecule has 3 heterocycles. The van der Waals surface area contributed by atoms with Crippen molar-refractivity contribution < 1.29 is 18.8 Å². The molecular formula is C22H28N4O4. The number of nitrogens with one attached hydrogen (secondary N) is 1. The van der Waals surface area contributed by atoms with Crippen LogP contribution in [-0.4, -0.2) is 53.2 Å². The molecule has 2 saturated heterocycles. The minimum absolute atomic E-state index is 0.0261. The van der Waals surface area contributed by atoms with Gasteiger partial charge in [-0.2, -0.15) is 4.98 Å². The van der Waals surface area contributed by atoms with Crippen LogP contribution in [0.25, 0.3) is 0 Å². The zero-order chi connectivity index (χ0) is 21.0. The molecule has 1 aromatic carbocycles. The van der Waals surface area contributed by atoms with E-state index in [4.69, 9.17) is 9.26 Å². The molecule has 0 atom stereocenters. The van der Waals surface area contributed by atoms with Gasteiger partial charge in [-0.05, 0) is 38.2 Å². The maximum atomic E-state index is 13.6. The summed E-state index contributed by atoms with van der Waals surface area (Å²) in [5, 5.41) is 6.59. The average Bonchev–Trinajstić information content (AvgIpc) is 3.23. The third-order valence-electron chi connectivity index (χ3n) is 6.22. The molecule has 2 amide bonds. The van der Waals surface area contributed by atoms with E-state index >= 15 is 0 Å². The lowest BCUT2D eigenvalue weighted by molar-refractivity contribution is -0.144. The van der Waals surface area contributed by atoms with E-state index in [1.165, 1.54) is 0 Å². The zero-order valence-corrected chi connectivity index (χ0v) is 17.3. The van der Waals surface area contributed by atoms with Crippen molar-refractivity contribution in [3.8, 4) is 0 Å². The van der Waals surface area contributed by atoms with E-state index in [-0.39, 0.29) is 24.3 Å². The molecule has 0 radical (unpaired) electrons. The molecule has 2 fully saturated rings. The smallest absolute Gasteiger partial charge is 0.246 e. The lowest BCUT2D eigenvalue weighted by atomic mass is 9.72. The van der Waals surface area contributed by atoms with Crippen LogP contribution in [-0.2, 0) is 26.3 Å². The van der Waals surface area contributed by atoms with Crippen LogP contribution in [0.3, 0.4) is 0 Å². The van der Waals surface area contributed by atoms with E-state index in [1.54, 1.807) is 6.92 Å².